The topological polar surface area (TPSA) is 72.9 Å². The zero-order valence-corrected chi connectivity index (χ0v) is 13.8. The van der Waals surface area contributed by atoms with Gasteiger partial charge in [-0.15, -0.1) is 0 Å². The van der Waals surface area contributed by atoms with Gasteiger partial charge in [0.1, 0.15) is 0 Å². The second kappa shape index (κ2) is 6.58. The van der Waals surface area contributed by atoms with E-state index in [9.17, 15) is 4.79 Å². The molecular weight excluding hydrogens is 300 g/mol. The number of hydrogen-bond donors (Lipinski definition) is 2. The number of carbonyl (C=O) groups is 1. The molecule has 3 N–H and O–H groups in total. The van der Waals surface area contributed by atoms with E-state index in [1.807, 2.05) is 61.0 Å². The van der Waals surface area contributed by atoms with Crippen LogP contribution in [0.2, 0.25) is 0 Å². The van der Waals surface area contributed by atoms with Crippen LogP contribution in [0.25, 0.3) is 0 Å². The highest BCUT2D eigenvalue weighted by Gasteiger charge is 2.08. The molecule has 24 heavy (non-hydrogen) atoms. The summed E-state index contributed by atoms with van der Waals surface area (Å²) in [6.07, 6.45) is 0. The number of anilines is 2. The van der Waals surface area contributed by atoms with Crippen LogP contribution in [0.5, 0.6) is 0 Å². The van der Waals surface area contributed by atoms with E-state index in [-0.39, 0.29) is 5.91 Å². The van der Waals surface area contributed by atoms with Crippen molar-refractivity contribution < 1.29 is 4.79 Å². The summed E-state index contributed by atoms with van der Waals surface area (Å²) >= 11 is 0. The molecule has 122 valence electrons. The van der Waals surface area contributed by atoms with Crippen LogP contribution in [-0.4, -0.2) is 15.7 Å². The van der Waals surface area contributed by atoms with Crippen LogP contribution in [0.1, 0.15) is 27.3 Å². The van der Waals surface area contributed by atoms with E-state index in [0.717, 1.165) is 17.0 Å². The Morgan fingerprint density at radius 1 is 1.12 bits per heavy atom. The summed E-state index contributed by atoms with van der Waals surface area (Å²) in [6.45, 7) is 4.70. The van der Waals surface area contributed by atoms with E-state index in [4.69, 9.17) is 5.73 Å². The molecule has 1 amide bonds. The monoisotopic (exact) mass is 320 g/mol. The Labute approximate surface area is 141 Å². The van der Waals surface area contributed by atoms with Crippen LogP contribution in [0, 0.1) is 13.8 Å². The number of nitrogens with one attached hydrogen (secondary N) is 1. The molecule has 0 aliphatic heterocycles. The van der Waals surface area contributed by atoms with Crippen molar-refractivity contribution in [1.29, 1.82) is 0 Å². The van der Waals surface area contributed by atoms with E-state index < -0.39 is 0 Å². The third-order valence-corrected chi connectivity index (χ3v) is 3.86. The number of hydrogen-bond acceptors (Lipinski definition) is 3. The number of amides is 1. The van der Waals surface area contributed by atoms with E-state index in [1.165, 1.54) is 0 Å². The molecule has 5 nitrogen and oxygen atoms in total. The fraction of sp³-hybridized carbons (Fsp3) is 0.158. The molecule has 0 aliphatic rings. The molecule has 0 spiro atoms. The number of benzene rings is 2. The Morgan fingerprint density at radius 2 is 1.83 bits per heavy atom. The summed E-state index contributed by atoms with van der Waals surface area (Å²) in [7, 11) is 0. The van der Waals surface area contributed by atoms with Crippen molar-refractivity contribution in [2.75, 3.05) is 11.1 Å². The standard InChI is InChI=1S/C19H20N4O/c1-13-11-14(2)23(22-13)12-15-7-9-16(10-8-15)19(24)21-18-6-4-3-5-17(18)20/h3-11H,12,20H2,1-2H3,(H,21,24). The molecule has 1 aromatic heterocycles. The van der Waals surface area contributed by atoms with Crippen molar-refractivity contribution in [1.82, 2.24) is 9.78 Å². The molecule has 0 saturated carbocycles. The Morgan fingerprint density at radius 3 is 2.46 bits per heavy atom. The number of aromatic nitrogens is 2. The highest BCUT2D eigenvalue weighted by atomic mass is 16.1. The number of nitrogen functional groups attached to an aromatic ring is 1. The lowest BCUT2D eigenvalue weighted by Crippen LogP contribution is -2.13. The van der Waals surface area contributed by atoms with Gasteiger partial charge in [0, 0.05) is 11.3 Å². The summed E-state index contributed by atoms with van der Waals surface area (Å²) < 4.78 is 1.95. The third-order valence-electron chi connectivity index (χ3n) is 3.86. The maximum atomic E-state index is 12.3. The number of rotatable bonds is 4. The lowest BCUT2D eigenvalue weighted by atomic mass is 10.1. The average Bonchev–Trinajstić information content (AvgIpc) is 2.88. The third kappa shape index (κ3) is 3.46. The first-order valence-electron chi connectivity index (χ1n) is 7.79. The molecule has 1 heterocycles. The summed E-state index contributed by atoms with van der Waals surface area (Å²) in [6, 6.07) is 16.8. The molecule has 0 radical (unpaired) electrons. The maximum absolute atomic E-state index is 12.3. The number of para-hydroxylation sites is 2. The van der Waals surface area contributed by atoms with Gasteiger partial charge in [0.15, 0.2) is 0 Å². The van der Waals surface area contributed by atoms with E-state index >= 15 is 0 Å². The summed E-state index contributed by atoms with van der Waals surface area (Å²) in [5.74, 6) is -0.175. The minimum absolute atomic E-state index is 0.175. The largest absolute Gasteiger partial charge is 0.397 e. The van der Waals surface area contributed by atoms with Gasteiger partial charge in [0.25, 0.3) is 5.91 Å². The Balaban J connectivity index is 1.71. The highest BCUT2D eigenvalue weighted by Crippen LogP contribution is 2.18. The number of nitrogens with two attached hydrogens (primary N) is 1. The van der Waals surface area contributed by atoms with Gasteiger partial charge >= 0.3 is 0 Å². The van der Waals surface area contributed by atoms with Crippen molar-refractivity contribution in [2.24, 2.45) is 0 Å². The quantitative estimate of drug-likeness (QED) is 0.724. The van der Waals surface area contributed by atoms with Crippen LogP contribution in [0.15, 0.2) is 54.6 Å². The molecule has 2 aromatic carbocycles. The second-order valence-corrected chi connectivity index (χ2v) is 5.82. The predicted octanol–water partition coefficient (Wildman–Crippen LogP) is 3.38. The van der Waals surface area contributed by atoms with E-state index in [1.54, 1.807) is 12.1 Å². The molecule has 0 bridgehead atoms. The van der Waals surface area contributed by atoms with Crippen molar-refractivity contribution in [2.45, 2.75) is 20.4 Å². The van der Waals surface area contributed by atoms with Gasteiger partial charge in [-0.1, -0.05) is 24.3 Å². The minimum atomic E-state index is -0.175. The zero-order valence-electron chi connectivity index (χ0n) is 13.8. The minimum Gasteiger partial charge on any atom is -0.397 e. The van der Waals surface area contributed by atoms with Crippen LogP contribution in [-0.2, 0) is 6.54 Å². The second-order valence-electron chi connectivity index (χ2n) is 5.82. The van der Waals surface area contributed by atoms with Crippen molar-refractivity contribution in [3.63, 3.8) is 0 Å². The van der Waals surface area contributed by atoms with E-state index in [2.05, 4.69) is 10.4 Å². The molecule has 0 saturated heterocycles. The highest BCUT2D eigenvalue weighted by molar-refractivity contribution is 6.05. The van der Waals surface area contributed by atoms with Gasteiger partial charge in [-0.2, -0.15) is 5.10 Å². The lowest BCUT2D eigenvalue weighted by molar-refractivity contribution is 0.102. The number of aryl methyl sites for hydroxylation is 2. The Bertz CT molecular complexity index is 865. The Hall–Kier alpha value is -3.08. The summed E-state index contributed by atoms with van der Waals surface area (Å²) in [5, 5.41) is 7.28. The van der Waals surface area contributed by atoms with Crippen LogP contribution >= 0.6 is 0 Å². The molecule has 3 rings (SSSR count). The first-order valence-corrected chi connectivity index (χ1v) is 7.79. The van der Waals surface area contributed by atoms with E-state index in [0.29, 0.717) is 23.5 Å². The Kier molecular flexibility index (Phi) is 4.33. The van der Waals surface area contributed by atoms with Crippen LogP contribution in [0.3, 0.4) is 0 Å². The lowest BCUT2D eigenvalue weighted by Gasteiger charge is -2.09. The molecule has 0 atom stereocenters. The SMILES string of the molecule is Cc1cc(C)n(Cc2ccc(C(=O)Nc3ccccc3N)cc2)n1. The zero-order chi connectivity index (χ0) is 17.1. The number of carbonyl (C=O) groups excluding carboxylic acids is 1. The molecule has 0 unspecified atom stereocenters. The van der Waals surface area contributed by atoms with Crippen molar-refractivity contribution >= 4 is 17.3 Å². The van der Waals surface area contributed by atoms with Gasteiger partial charge in [-0.3, -0.25) is 9.48 Å². The first kappa shape index (κ1) is 15.8. The van der Waals surface area contributed by atoms with Crippen molar-refractivity contribution in [3.8, 4) is 0 Å². The smallest absolute Gasteiger partial charge is 0.255 e. The van der Waals surface area contributed by atoms with Crippen LogP contribution in [0.4, 0.5) is 11.4 Å². The number of nitrogens with zero attached hydrogens (tertiary/aromatic N) is 2. The maximum Gasteiger partial charge on any atom is 0.255 e. The van der Waals surface area contributed by atoms with Crippen molar-refractivity contribution in [3.05, 3.63) is 77.1 Å². The first-order chi connectivity index (χ1) is 11.5. The van der Waals surface area contributed by atoms with Crippen LogP contribution < -0.4 is 11.1 Å². The average molecular weight is 320 g/mol. The fourth-order valence-corrected chi connectivity index (χ4v) is 2.57. The predicted molar refractivity (Wildman–Crippen MR) is 96.1 cm³/mol. The summed E-state index contributed by atoms with van der Waals surface area (Å²) in [4.78, 5) is 12.3. The van der Waals surface area contributed by atoms with Gasteiger partial charge in [-0.05, 0) is 49.7 Å². The van der Waals surface area contributed by atoms with Gasteiger partial charge in [0.2, 0.25) is 0 Å². The molecule has 0 fully saturated rings. The van der Waals surface area contributed by atoms with Gasteiger partial charge in [0.05, 0.1) is 23.6 Å². The normalized spacial score (nSPS) is 10.6. The summed E-state index contributed by atoms with van der Waals surface area (Å²) in [5.41, 5.74) is 10.8. The molecule has 3 aromatic rings. The molecular formula is C19H20N4O. The van der Waals surface area contributed by atoms with Gasteiger partial charge < -0.3 is 11.1 Å². The fourth-order valence-electron chi connectivity index (χ4n) is 2.57. The molecule has 5 heteroatoms. The van der Waals surface area contributed by atoms with Gasteiger partial charge in [-0.25, -0.2) is 0 Å². The molecule has 0 aliphatic carbocycles.